The number of amides is 1. The van der Waals surface area contributed by atoms with Crippen molar-refractivity contribution < 1.29 is 13.9 Å². The maximum atomic E-state index is 12.8. The van der Waals surface area contributed by atoms with E-state index in [0.29, 0.717) is 11.5 Å². The van der Waals surface area contributed by atoms with Crippen molar-refractivity contribution in [3.05, 3.63) is 58.8 Å². The van der Waals surface area contributed by atoms with E-state index in [1.807, 2.05) is 22.4 Å². The Labute approximate surface area is 167 Å². The second kappa shape index (κ2) is 7.41. The molecule has 3 aromatic rings. The monoisotopic (exact) mass is 395 g/mol. The minimum absolute atomic E-state index is 0.00313. The van der Waals surface area contributed by atoms with Crippen molar-refractivity contribution in [1.29, 1.82) is 0 Å². The fourth-order valence-electron chi connectivity index (χ4n) is 3.75. The molecule has 1 amide bonds. The summed E-state index contributed by atoms with van der Waals surface area (Å²) in [5.74, 6) is 1.73. The van der Waals surface area contributed by atoms with Crippen molar-refractivity contribution in [1.82, 2.24) is 14.8 Å². The molecule has 0 bridgehead atoms. The van der Waals surface area contributed by atoms with Crippen LogP contribution in [0.5, 0.6) is 5.75 Å². The Balaban J connectivity index is 1.18. The maximum Gasteiger partial charge on any atom is 0.273 e. The van der Waals surface area contributed by atoms with E-state index in [9.17, 15) is 4.79 Å². The van der Waals surface area contributed by atoms with Gasteiger partial charge in [-0.3, -0.25) is 9.69 Å². The standard InChI is InChI=1S/C21H21N3O3S/c25-21(17-14-28-20(22-17)19-2-1-10-26-19)24-8-6-23(7-9-24)13-15-3-4-18-16(12-15)5-11-27-18/h1-4,10,12,14H,5-9,11,13H2. The van der Waals surface area contributed by atoms with E-state index in [1.165, 1.54) is 22.5 Å². The van der Waals surface area contributed by atoms with Gasteiger partial charge >= 0.3 is 0 Å². The second-order valence-electron chi connectivity index (χ2n) is 7.12. The summed E-state index contributed by atoms with van der Waals surface area (Å²) in [6, 6.07) is 10.2. The Hall–Kier alpha value is -2.64. The van der Waals surface area contributed by atoms with Crippen LogP contribution < -0.4 is 4.74 Å². The van der Waals surface area contributed by atoms with Crippen LogP contribution in [0.4, 0.5) is 0 Å². The van der Waals surface area contributed by atoms with Crippen LogP contribution in [0.25, 0.3) is 10.8 Å². The highest BCUT2D eigenvalue weighted by atomic mass is 32.1. The number of hydrogen-bond acceptors (Lipinski definition) is 6. The first-order valence-electron chi connectivity index (χ1n) is 9.52. The molecule has 2 aliphatic heterocycles. The lowest BCUT2D eigenvalue weighted by atomic mass is 10.1. The van der Waals surface area contributed by atoms with Gasteiger partial charge in [-0.1, -0.05) is 12.1 Å². The molecule has 0 spiro atoms. The van der Waals surface area contributed by atoms with Gasteiger partial charge in [-0.05, 0) is 29.3 Å². The lowest BCUT2D eigenvalue weighted by Crippen LogP contribution is -2.48. The van der Waals surface area contributed by atoms with Gasteiger partial charge in [0.1, 0.15) is 11.4 Å². The fraction of sp³-hybridized carbons (Fsp3) is 0.333. The number of benzene rings is 1. The Morgan fingerprint density at radius 2 is 2.07 bits per heavy atom. The molecule has 1 aromatic carbocycles. The largest absolute Gasteiger partial charge is 0.493 e. The van der Waals surface area contributed by atoms with Gasteiger partial charge in [0, 0.05) is 44.5 Å². The number of nitrogens with zero attached hydrogens (tertiary/aromatic N) is 3. The van der Waals surface area contributed by atoms with Crippen molar-refractivity contribution in [2.24, 2.45) is 0 Å². The lowest BCUT2D eigenvalue weighted by Gasteiger charge is -2.34. The summed E-state index contributed by atoms with van der Waals surface area (Å²) in [4.78, 5) is 21.5. The first-order valence-corrected chi connectivity index (χ1v) is 10.4. The third kappa shape index (κ3) is 3.43. The molecule has 0 N–H and O–H groups in total. The second-order valence-corrected chi connectivity index (χ2v) is 7.98. The number of fused-ring (bicyclic) bond motifs is 1. The molecule has 2 aliphatic rings. The molecule has 5 rings (SSSR count). The fourth-order valence-corrected chi connectivity index (χ4v) is 4.51. The SMILES string of the molecule is O=C(c1csc(-c2ccco2)n1)N1CCN(Cc2ccc3c(c2)CCO3)CC1. The molecule has 144 valence electrons. The van der Waals surface area contributed by atoms with E-state index >= 15 is 0 Å². The molecular formula is C21H21N3O3S. The van der Waals surface area contributed by atoms with Crippen LogP contribution in [0.1, 0.15) is 21.6 Å². The third-order valence-corrected chi connectivity index (χ3v) is 6.13. The topological polar surface area (TPSA) is 58.8 Å². The van der Waals surface area contributed by atoms with Crippen LogP contribution in [0.15, 0.2) is 46.4 Å². The predicted molar refractivity (Wildman–Crippen MR) is 107 cm³/mol. The summed E-state index contributed by atoms with van der Waals surface area (Å²) in [5, 5.41) is 2.56. The Bertz CT molecular complexity index is 975. The molecule has 0 radical (unpaired) electrons. The van der Waals surface area contributed by atoms with Crippen LogP contribution >= 0.6 is 11.3 Å². The number of furan rings is 1. The molecular weight excluding hydrogens is 374 g/mol. The molecule has 0 atom stereocenters. The van der Waals surface area contributed by atoms with E-state index < -0.39 is 0 Å². The van der Waals surface area contributed by atoms with E-state index in [-0.39, 0.29) is 5.91 Å². The minimum Gasteiger partial charge on any atom is -0.493 e. The Kier molecular flexibility index (Phi) is 4.62. The number of aromatic nitrogens is 1. The summed E-state index contributed by atoms with van der Waals surface area (Å²) in [6.45, 7) is 4.89. The quantitative estimate of drug-likeness (QED) is 0.678. The number of ether oxygens (including phenoxy) is 1. The number of carbonyl (C=O) groups excluding carboxylic acids is 1. The summed E-state index contributed by atoms with van der Waals surface area (Å²) < 4.78 is 10.9. The number of carbonyl (C=O) groups is 1. The zero-order chi connectivity index (χ0) is 18.9. The van der Waals surface area contributed by atoms with Crippen LogP contribution in [0, 0.1) is 0 Å². The first-order chi connectivity index (χ1) is 13.8. The van der Waals surface area contributed by atoms with Crippen LogP contribution in [-0.4, -0.2) is 53.5 Å². The van der Waals surface area contributed by atoms with Crippen molar-refractivity contribution in [3.63, 3.8) is 0 Å². The number of thiazole rings is 1. The smallest absolute Gasteiger partial charge is 0.273 e. The average molecular weight is 395 g/mol. The molecule has 4 heterocycles. The third-order valence-electron chi connectivity index (χ3n) is 5.27. The maximum absolute atomic E-state index is 12.8. The van der Waals surface area contributed by atoms with Crippen LogP contribution in [-0.2, 0) is 13.0 Å². The van der Waals surface area contributed by atoms with Gasteiger partial charge in [0.25, 0.3) is 5.91 Å². The van der Waals surface area contributed by atoms with E-state index in [2.05, 4.69) is 28.1 Å². The highest BCUT2D eigenvalue weighted by molar-refractivity contribution is 7.13. The summed E-state index contributed by atoms with van der Waals surface area (Å²) >= 11 is 1.44. The number of hydrogen-bond donors (Lipinski definition) is 0. The molecule has 1 saturated heterocycles. The van der Waals surface area contributed by atoms with Crippen molar-refractivity contribution >= 4 is 17.2 Å². The van der Waals surface area contributed by atoms with Crippen LogP contribution in [0.3, 0.4) is 0 Å². The molecule has 0 saturated carbocycles. The van der Waals surface area contributed by atoms with Gasteiger partial charge in [-0.2, -0.15) is 0 Å². The average Bonchev–Trinajstić information content (AvgIpc) is 3.48. The molecule has 0 unspecified atom stereocenters. The predicted octanol–water partition coefficient (Wildman–Crippen LogP) is 3.30. The van der Waals surface area contributed by atoms with Crippen molar-refractivity contribution in [3.8, 4) is 16.5 Å². The lowest BCUT2D eigenvalue weighted by molar-refractivity contribution is 0.0623. The normalized spacial score (nSPS) is 16.8. The molecule has 0 aliphatic carbocycles. The molecule has 6 nitrogen and oxygen atoms in total. The molecule has 2 aromatic heterocycles. The van der Waals surface area contributed by atoms with Gasteiger partial charge in [-0.15, -0.1) is 11.3 Å². The van der Waals surface area contributed by atoms with Gasteiger partial charge in [0.15, 0.2) is 10.8 Å². The number of rotatable bonds is 4. The highest BCUT2D eigenvalue weighted by Gasteiger charge is 2.24. The van der Waals surface area contributed by atoms with E-state index in [4.69, 9.17) is 9.15 Å². The Morgan fingerprint density at radius 1 is 1.18 bits per heavy atom. The zero-order valence-electron chi connectivity index (χ0n) is 15.5. The first kappa shape index (κ1) is 17.5. The molecule has 1 fully saturated rings. The van der Waals surface area contributed by atoms with Crippen molar-refractivity contribution in [2.75, 3.05) is 32.8 Å². The van der Waals surface area contributed by atoms with E-state index in [1.54, 1.807) is 6.26 Å². The Morgan fingerprint density at radius 3 is 2.89 bits per heavy atom. The summed E-state index contributed by atoms with van der Waals surface area (Å²) in [6.07, 6.45) is 2.62. The molecule has 28 heavy (non-hydrogen) atoms. The van der Waals surface area contributed by atoms with Gasteiger partial charge in [-0.25, -0.2) is 4.98 Å². The minimum atomic E-state index is 0.00313. The molecule has 7 heteroatoms. The zero-order valence-corrected chi connectivity index (χ0v) is 16.3. The highest BCUT2D eigenvalue weighted by Crippen LogP contribution is 2.27. The summed E-state index contributed by atoms with van der Waals surface area (Å²) in [5.41, 5.74) is 3.12. The van der Waals surface area contributed by atoms with Crippen molar-refractivity contribution in [2.45, 2.75) is 13.0 Å². The van der Waals surface area contributed by atoms with Crippen LogP contribution in [0.2, 0.25) is 0 Å². The van der Waals surface area contributed by atoms with Gasteiger partial charge in [0.05, 0.1) is 12.9 Å². The van der Waals surface area contributed by atoms with E-state index in [0.717, 1.165) is 56.5 Å². The number of piperazine rings is 1. The van der Waals surface area contributed by atoms with Gasteiger partial charge < -0.3 is 14.1 Å². The summed E-state index contributed by atoms with van der Waals surface area (Å²) in [7, 11) is 0. The van der Waals surface area contributed by atoms with Gasteiger partial charge in [0.2, 0.25) is 0 Å².